The van der Waals surface area contributed by atoms with E-state index in [0.717, 1.165) is 18.0 Å². The van der Waals surface area contributed by atoms with Crippen LogP contribution in [-0.2, 0) is 11.3 Å². The molecule has 0 atom stereocenters. The van der Waals surface area contributed by atoms with E-state index in [2.05, 4.69) is 26.8 Å². The molecule has 1 aliphatic heterocycles. The third-order valence-corrected chi connectivity index (χ3v) is 4.39. The normalized spacial score (nSPS) is 15.9. The van der Waals surface area contributed by atoms with Gasteiger partial charge in [-0.25, -0.2) is 0 Å². The number of rotatable bonds is 5. The summed E-state index contributed by atoms with van der Waals surface area (Å²) in [7, 11) is 0. The van der Waals surface area contributed by atoms with Crippen molar-refractivity contribution in [3.63, 3.8) is 0 Å². The van der Waals surface area contributed by atoms with E-state index in [1.54, 1.807) is 11.3 Å². The average molecular weight is 319 g/mol. The van der Waals surface area contributed by atoms with Gasteiger partial charge < -0.3 is 9.42 Å². The molecule has 8 heteroatoms. The van der Waals surface area contributed by atoms with E-state index in [1.165, 1.54) is 0 Å². The first-order chi connectivity index (χ1) is 10.8. The summed E-state index contributed by atoms with van der Waals surface area (Å²) in [6.45, 7) is 7.14. The van der Waals surface area contributed by atoms with Crippen LogP contribution in [0.2, 0.25) is 0 Å². The van der Waals surface area contributed by atoms with Gasteiger partial charge in [-0.05, 0) is 18.2 Å². The van der Waals surface area contributed by atoms with Crippen molar-refractivity contribution in [2.24, 2.45) is 4.99 Å². The number of hydrogen-bond donors (Lipinski definition) is 0. The molecule has 0 radical (unpaired) electrons. The van der Waals surface area contributed by atoms with Crippen LogP contribution in [0.3, 0.4) is 0 Å². The van der Waals surface area contributed by atoms with Gasteiger partial charge in [-0.1, -0.05) is 11.2 Å². The molecule has 22 heavy (non-hydrogen) atoms. The van der Waals surface area contributed by atoms with Crippen molar-refractivity contribution in [3.05, 3.63) is 23.3 Å². The third kappa shape index (κ3) is 3.40. The lowest BCUT2D eigenvalue weighted by Gasteiger charge is -2.33. The molecule has 2 aromatic heterocycles. The van der Waals surface area contributed by atoms with Gasteiger partial charge in [-0.3, -0.25) is 14.7 Å². The summed E-state index contributed by atoms with van der Waals surface area (Å²) in [5, 5.41) is 6.00. The molecule has 3 rings (SSSR count). The van der Waals surface area contributed by atoms with Crippen molar-refractivity contribution in [1.29, 1.82) is 0 Å². The number of nitrogens with zero attached hydrogens (tertiary/aromatic N) is 5. The largest absolute Gasteiger partial charge is 0.339 e. The maximum Gasteiger partial charge on any atom is 0.268 e. The van der Waals surface area contributed by atoms with E-state index in [1.807, 2.05) is 22.4 Å². The maximum absolute atomic E-state index is 11.7. The quantitative estimate of drug-likeness (QED) is 0.773. The Labute approximate surface area is 132 Å². The molecule has 1 saturated heterocycles. The van der Waals surface area contributed by atoms with E-state index < -0.39 is 0 Å². The molecule has 0 unspecified atom stereocenters. The summed E-state index contributed by atoms with van der Waals surface area (Å²) >= 11 is 1.58. The van der Waals surface area contributed by atoms with E-state index in [4.69, 9.17) is 4.52 Å². The summed E-state index contributed by atoms with van der Waals surface area (Å²) in [6.07, 6.45) is 0. The predicted molar refractivity (Wildman–Crippen MR) is 83.9 cm³/mol. The number of carbonyl (C=O) groups is 1. The number of aliphatic imine (C=N–C) groups is 1. The zero-order valence-corrected chi connectivity index (χ0v) is 13.0. The Morgan fingerprint density at radius 1 is 1.41 bits per heavy atom. The Morgan fingerprint density at radius 3 is 2.91 bits per heavy atom. The van der Waals surface area contributed by atoms with Crippen LogP contribution in [0.1, 0.15) is 5.82 Å². The lowest BCUT2D eigenvalue weighted by atomic mass is 10.3. The summed E-state index contributed by atoms with van der Waals surface area (Å²) in [4.78, 5) is 24.8. The van der Waals surface area contributed by atoms with Crippen molar-refractivity contribution in [1.82, 2.24) is 19.9 Å². The molecule has 7 nitrogen and oxygen atoms in total. The molecule has 0 bridgehead atoms. The number of amides is 1. The smallest absolute Gasteiger partial charge is 0.268 e. The van der Waals surface area contributed by atoms with E-state index in [9.17, 15) is 4.79 Å². The number of hydrogen-bond acceptors (Lipinski definition) is 7. The van der Waals surface area contributed by atoms with E-state index in [-0.39, 0.29) is 12.5 Å². The molecule has 1 aliphatic rings. The highest BCUT2D eigenvalue weighted by Crippen LogP contribution is 2.22. The first-order valence-corrected chi connectivity index (χ1v) is 7.93. The zero-order valence-electron chi connectivity index (χ0n) is 12.1. The maximum atomic E-state index is 11.7. The highest BCUT2D eigenvalue weighted by atomic mass is 32.1. The average Bonchev–Trinajstić information content (AvgIpc) is 3.19. The van der Waals surface area contributed by atoms with Crippen molar-refractivity contribution in [2.45, 2.75) is 6.54 Å². The molecule has 116 valence electrons. The predicted octanol–water partition coefficient (Wildman–Crippen LogP) is 1.14. The second-order valence-electron chi connectivity index (χ2n) is 5.03. The molecule has 0 aromatic carbocycles. The van der Waals surface area contributed by atoms with Gasteiger partial charge in [0.1, 0.15) is 6.54 Å². The Kier molecular flexibility index (Phi) is 4.59. The topological polar surface area (TPSA) is 74.8 Å². The van der Waals surface area contributed by atoms with Crippen LogP contribution in [0, 0.1) is 0 Å². The summed E-state index contributed by atoms with van der Waals surface area (Å²) in [5.74, 6) is 1.28. The van der Waals surface area contributed by atoms with Gasteiger partial charge in [-0.2, -0.15) is 4.98 Å². The molecule has 0 N–H and O–H groups in total. The zero-order chi connectivity index (χ0) is 15.4. The fourth-order valence-corrected chi connectivity index (χ4v) is 3.01. The summed E-state index contributed by atoms with van der Waals surface area (Å²) in [6, 6.07) is 3.91. The van der Waals surface area contributed by atoms with Gasteiger partial charge in [0.15, 0.2) is 5.82 Å². The molecule has 0 aliphatic carbocycles. The highest BCUT2D eigenvalue weighted by molar-refractivity contribution is 7.13. The molecular weight excluding hydrogens is 302 g/mol. The van der Waals surface area contributed by atoms with Gasteiger partial charge in [0.05, 0.1) is 11.4 Å². The van der Waals surface area contributed by atoms with Gasteiger partial charge >= 0.3 is 0 Å². The monoisotopic (exact) mass is 319 g/mol. The van der Waals surface area contributed by atoms with Crippen LogP contribution in [0.25, 0.3) is 10.8 Å². The van der Waals surface area contributed by atoms with Gasteiger partial charge in [0, 0.05) is 26.2 Å². The number of thiophene rings is 1. The summed E-state index contributed by atoms with van der Waals surface area (Å²) in [5.41, 5.74) is 0. The molecule has 3 heterocycles. The Hall–Kier alpha value is -2.06. The van der Waals surface area contributed by atoms with Gasteiger partial charge in [-0.15, -0.1) is 11.3 Å². The fourth-order valence-electron chi connectivity index (χ4n) is 2.37. The van der Waals surface area contributed by atoms with Crippen molar-refractivity contribution in [2.75, 3.05) is 32.7 Å². The van der Waals surface area contributed by atoms with E-state index >= 15 is 0 Å². The van der Waals surface area contributed by atoms with Crippen LogP contribution < -0.4 is 0 Å². The number of piperazine rings is 1. The Balaban J connectivity index is 1.53. The van der Waals surface area contributed by atoms with Crippen LogP contribution in [0.15, 0.2) is 27.0 Å². The summed E-state index contributed by atoms with van der Waals surface area (Å²) < 4.78 is 5.28. The molecular formula is C14H17N5O2S. The third-order valence-electron chi connectivity index (χ3n) is 3.54. The lowest BCUT2D eigenvalue weighted by molar-refractivity contribution is -0.131. The minimum atomic E-state index is 0.0363. The van der Waals surface area contributed by atoms with Crippen molar-refractivity contribution >= 4 is 24.0 Å². The fraction of sp³-hybridized carbons (Fsp3) is 0.429. The first-order valence-electron chi connectivity index (χ1n) is 7.05. The molecule has 1 amide bonds. The number of carbonyl (C=O) groups excluding carboxylic acids is 1. The molecule has 0 saturated carbocycles. The minimum Gasteiger partial charge on any atom is -0.339 e. The lowest BCUT2D eigenvalue weighted by Crippen LogP contribution is -2.49. The first kappa shape index (κ1) is 14.9. The number of aromatic nitrogens is 2. The van der Waals surface area contributed by atoms with Crippen LogP contribution in [0.4, 0.5) is 0 Å². The van der Waals surface area contributed by atoms with Crippen LogP contribution in [0.5, 0.6) is 0 Å². The van der Waals surface area contributed by atoms with Gasteiger partial charge in [0.25, 0.3) is 5.89 Å². The second-order valence-corrected chi connectivity index (χ2v) is 5.98. The Morgan fingerprint density at radius 2 is 2.23 bits per heavy atom. The highest BCUT2D eigenvalue weighted by Gasteiger charge is 2.22. The minimum absolute atomic E-state index is 0.0363. The molecule has 1 fully saturated rings. The molecule has 2 aromatic rings. The standard InChI is InChI=1S/C14H17N5O2S/c1-15-9-13(20)19-6-4-18(5-7-19)10-12-16-14(21-17-12)11-3-2-8-22-11/h2-3,8H,1,4-7,9-10H2. The van der Waals surface area contributed by atoms with E-state index in [0.29, 0.717) is 31.3 Å². The second kappa shape index (κ2) is 6.80. The Bertz CT molecular complexity index is 631. The van der Waals surface area contributed by atoms with Crippen molar-refractivity contribution in [3.8, 4) is 10.8 Å². The van der Waals surface area contributed by atoms with Crippen LogP contribution in [-0.4, -0.2) is 65.3 Å². The van der Waals surface area contributed by atoms with Crippen molar-refractivity contribution < 1.29 is 9.32 Å². The SMILES string of the molecule is C=NCC(=O)N1CCN(Cc2noc(-c3cccs3)n2)CC1. The van der Waals surface area contributed by atoms with Gasteiger partial charge in [0.2, 0.25) is 5.91 Å². The van der Waals surface area contributed by atoms with Crippen LogP contribution >= 0.6 is 11.3 Å². The molecule has 0 spiro atoms.